The first kappa shape index (κ1) is 13.6. The fourth-order valence-electron chi connectivity index (χ4n) is 2.15. The number of ether oxygens (including phenoxy) is 2. The van der Waals surface area contributed by atoms with Gasteiger partial charge in [0.2, 0.25) is 0 Å². The molecular weight excluding hydrogens is 263 g/mol. The smallest absolute Gasteiger partial charge is 0.407 e. The van der Waals surface area contributed by atoms with Crippen LogP contribution in [0.25, 0.3) is 0 Å². The molecule has 0 bridgehead atoms. The van der Waals surface area contributed by atoms with Gasteiger partial charge in [0, 0.05) is 18.6 Å². The zero-order valence-corrected chi connectivity index (χ0v) is 12.2. The molecule has 104 valence electrons. The minimum absolute atomic E-state index is 0.102. The summed E-state index contributed by atoms with van der Waals surface area (Å²) in [5, 5.41) is 2.07. The third-order valence-electron chi connectivity index (χ3n) is 3.22. The van der Waals surface area contributed by atoms with Gasteiger partial charge in [0.05, 0.1) is 18.1 Å². The summed E-state index contributed by atoms with van der Waals surface area (Å²) in [4.78, 5) is 1.09. The maximum atomic E-state index is 5.78. The first-order valence-electron chi connectivity index (χ1n) is 6.69. The highest BCUT2D eigenvalue weighted by molar-refractivity contribution is 7.11. The molecule has 0 saturated carbocycles. The van der Waals surface area contributed by atoms with E-state index in [0.717, 1.165) is 43.2 Å². The highest BCUT2D eigenvalue weighted by Crippen LogP contribution is 2.27. The molecule has 0 aliphatic carbocycles. The molecule has 6 heteroatoms. The average Bonchev–Trinajstić information content (AvgIpc) is 2.89. The van der Waals surface area contributed by atoms with E-state index in [0.29, 0.717) is 0 Å². The van der Waals surface area contributed by atoms with Crippen molar-refractivity contribution in [1.29, 1.82) is 0 Å². The maximum Gasteiger partial charge on any atom is 0.494 e. The van der Waals surface area contributed by atoms with Crippen LogP contribution in [0.5, 0.6) is 0 Å². The lowest BCUT2D eigenvalue weighted by Gasteiger charge is -2.32. The normalized spacial score (nSPS) is 24.6. The minimum Gasteiger partial charge on any atom is -0.407 e. The van der Waals surface area contributed by atoms with E-state index in [4.69, 9.17) is 18.8 Å². The maximum absolute atomic E-state index is 5.78. The van der Waals surface area contributed by atoms with Crippen molar-refractivity contribution in [1.82, 2.24) is 0 Å². The molecule has 0 atom stereocenters. The van der Waals surface area contributed by atoms with Crippen LogP contribution in [0.3, 0.4) is 0 Å². The highest BCUT2D eigenvalue weighted by atomic mass is 32.1. The fourth-order valence-corrected chi connectivity index (χ4v) is 3.06. The Balaban J connectivity index is 1.64. The van der Waals surface area contributed by atoms with Crippen LogP contribution in [0.1, 0.15) is 31.4 Å². The van der Waals surface area contributed by atoms with E-state index >= 15 is 0 Å². The molecule has 2 fully saturated rings. The lowest BCUT2D eigenvalue weighted by Crippen LogP contribution is -2.46. The average molecular weight is 282 g/mol. The minimum atomic E-state index is -0.249. The van der Waals surface area contributed by atoms with Gasteiger partial charge in [0.15, 0.2) is 6.29 Å². The summed E-state index contributed by atoms with van der Waals surface area (Å²) in [6.07, 6.45) is 0.756. The molecule has 0 aromatic carbocycles. The Labute approximate surface area is 118 Å². The summed E-state index contributed by atoms with van der Waals surface area (Å²) in [5.41, 5.74) is 1.17. The molecule has 0 amide bonds. The molecule has 2 aliphatic rings. The molecule has 0 N–H and O–H groups in total. The van der Waals surface area contributed by atoms with Gasteiger partial charge in [-0.25, -0.2) is 0 Å². The lowest BCUT2D eigenvalue weighted by molar-refractivity contribution is -0.181. The van der Waals surface area contributed by atoms with Gasteiger partial charge in [-0.15, -0.1) is 11.3 Å². The SMILES string of the molecule is CC1(C)COB(c2csc(C3OCCCO3)c2)OC1. The van der Waals surface area contributed by atoms with E-state index in [1.54, 1.807) is 11.3 Å². The van der Waals surface area contributed by atoms with Crippen molar-refractivity contribution in [2.24, 2.45) is 5.41 Å². The summed E-state index contributed by atoms with van der Waals surface area (Å²) >= 11 is 1.64. The lowest BCUT2D eigenvalue weighted by atomic mass is 9.77. The van der Waals surface area contributed by atoms with Crippen LogP contribution < -0.4 is 5.46 Å². The van der Waals surface area contributed by atoms with Crippen LogP contribution in [-0.2, 0) is 18.8 Å². The third-order valence-corrected chi connectivity index (χ3v) is 4.19. The Bertz CT molecular complexity index is 418. The van der Waals surface area contributed by atoms with Gasteiger partial charge in [-0.1, -0.05) is 13.8 Å². The van der Waals surface area contributed by atoms with E-state index in [-0.39, 0.29) is 18.8 Å². The van der Waals surface area contributed by atoms with Crippen LogP contribution >= 0.6 is 11.3 Å². The predicted octanol–water partition coefficient (Wildman–Crippen LogP) is 1.95. The summed E-state index contributed by atoms with van der Waals surface area (Å²) in [6.45, 7) is 7.27. The number of hydrogen-bond donors (Lipinski definition) is 0. The number of hydrogen-bond acceptors (Lipinski definition) is 5. The molecule has 3 heterocycles. The second-order valence-corrected chi connectivity index (χ2v) is 6.77. The molecule has 3 rings (SSSR count). The van der Waals surface area contributed by atoms with E-state index in [9.17, 15) is 0 Å². The van der Waals surface area contributed by atoms with E-state index in [1.807, 2.05) is 0 Å². The van der Waals surface area contributed by atoms with E-state index in [2.05, 4.69) is 25.3 Å². The van der Waals surface area contributed by atoms with Crippen LogP contribution in [0.15, 0.2) is 11.4 Å². The van der Waals surface area contributed by atoms with Crippen LogP contribution in [0.2, 0.25) is 0 Å². The van der Waals surface area contributed by atoms with Crippen molar-refractivity contribution in [3.05, 3.63) is 16.3 Å². The van der Waals surface area contributed by atoms with E-state index < -0.39 is 0 Å². The number of thiophene rings is 1. The van der Waals surface area contributed by atoms with Crippen molar-refractivity contribution >= 4 is 23.9 Å². The first-order valence-corrected chi connectivity index (χ1v) is 7.57. The molecule has 1 aromatic heterocycles. The standard InChI is InChI=1S/C13H19BO4S/c1-13(2)8-17-14(18-9-13)10-6-11(19-7-10)12-15-4-3-5-16-12/h6-7,12H,3-5,8-9H2,1-2H3. The second-order valence-electron chi connectivity index (χ2n) is 5.83. The summed E-state index contributed by atoms with van der Waals surface area (Å²) in [7, 11) is -0.249. The van der Waals surface area contributed by atoms with Gasteiger partial charge in [-0.3, -0.25) is 0 Å². The zero-order valence-electron chi connectivity index (χ0n) is 11.4. The van der Waals surface area contributed by atoms with Gasteiger partial charge >= 0.3 is 7.12 Å². The Morgan fingerprint density at radius 3 is 2.58 bits per heavy atom. The van der Waals surface area contributed by atoms with Crippen molar-refractivity contribution in [3.63, 3.8) is 0 Å². The van der Waals surface area contributed by atoms with Crippen molar-refractivity contribution in [2.45, 2.75) is 26.6 Å². The van der Waals surface area contributed by atoms with Gasteiger partial charge in [0.1, 0.15) is 0 Å². The molecular formula is C13H19BO4S. The van der Waals surface area contributed by atoms with Gasteiger partial charge < -0.3 is 18.8 Å². The number of rotatable bonds is 2. The van der Waals surface area contributed by atoms with E-state index in [1.165, 1.54) is 0 Å². The summed E-state index contributed by atoms with van der Waals surface area (Å²) in [6, 6.07) is 2.07. The predicted molar refractivity (Wildman–Crippen MR) is 74.7 cm³/mol. The largest absolute Gasteiger partial charge is 0.494 e. The molecule has 2 aliphatic heterocycles. The summed E-state index contributed by atoms with van der Waals surface area (Å²) < 4.78 is 22.8. The Kier molecular flexibility index (Phi) is 3.96. The van der Waals surface area contributed by atoms with Crippen LogP contribution in [-0.4, -0.2) is 33.5 Å². The van der Waals surface area contributed by atoms with Gasteiger partial charge in [0.25, 0.3) is 0 Å². The Morgan fingerprint density at radius 1 is 1.21 bits per heavy atom. The topological polar surface area (TPSA) is 36.9 Å². The Morgan fingerprint density at radius 2 is 1.89 bits per heavy atom. The first-order chi connectivity index (χ1) is 9.14. The van der Waals surface area contributed by atoms with Crippen molar-refractivity contribution in [2.75, 3.05) is 26.4 Å². The highest BCUT2D eigenvalue weighted by Gasteiger charge is 2.34. The van der Waals surface area contributed by atoms with Crippen molar-refractivity contribution < 1.29 is 18.8 Å². The molecule has 2 saturated heterocycles. The molecule has 0 radical (unpaired) electrons. The summed E-state index contributed by atoms with van der Waals surface area (Å²) in [5.74, 6) is 0. The molecule has 4 nitrogen and oxygen atoms in total. The molecule has 0 unspecified atom stereocenters. The fraction of sp³-hybridized carbons (Fsp3) is 0.692. The molecule has 0 spiro atoms. The monoisotopic (exact) mass is 282 g/mol. The van der Waals surface area contributed by atoms with Crippen LogP contribution in [0, 0.1) is 5.41 Å². The molecule has 1 aromatic rings. The quantitative estimate of drug-likeness (QED) is 0.777. The molecule has 19 heavy (non-hydrogen) atoms. The third kappa shape index (κ3) is 3.20. The Hall–Kier alpha value is -0.395. The van der Waals surface area contributed by atoms with Crippen LogP contribution in [0.4, 0.5) is 0 Å². The van der Waals surface area contributed by atoms with Gasteiger partial charge in [-0.05, 0) is 23.3 Å². The van der Waals surface area contributed by atoms with Crippen molar-refractivity contribution in [3.8, 4) is 0 Å². The second kappa shape index (κ2) is 5.54. The van der Waals surface area contributed by atoms with Gasteiger partial charge in [-0.2, -0.15) is 0 Å². The zero-order chi connectivity index (χ0) is 13.3.